The summed E-state index contributed by atoms with van der Waals surface area (Å²) in [6.45, 7) is 4.50. The molecule has 0 aromatic heterocycles. The van der Waals surface area contributed by atoms with Gasteiger partial charge in [-0.1, -0.05) is 0 Å². The Balaban J connectivity index is 2.00. The van der Waals surface area contributed by atoms with E-state index < -0.39 is 35.2 Å². The van der Waals surface area contributed by atoms with Crippen LogP contribution in [-0.4, -0.2) is 34.5 Å². The third-order valence-corrected chi connectivity index (χ3v) is 3.86. The minimum atomic E-state index is -1.23. The summed E-state index contributed by atoms with van der Waals surface area (Å²) >= 11 is 0. The quantitative estimate of drug-likeness (QED) is 0.677. The molecule has 0 saturated heterocycles. The third-order valence-electron chi connectivity index (χ3n) is 3.86. The lowest BCUT2D eigenvalue weighted by Gasteiger charge is -2.25. The zero-order valence-corrected chi connectivity index (χ0v) is 15.7. The van der Waals surface area contributed by atoms with Gasteiger partial charge in [-0.05, 0) is 69.3 Å². The number of carboxylic acid groups (broad SMARTS) is 1. The van der Waals surface area contributed by atoms with E-state index in [1.807, 2.05) is 0 Å². The Kier molecular flexibility index (Phi) is 6.35. The summed E-state index contributed by atoms with van der Waals surface area (Å²) in [5.74, 6) is -2.17. The van der Waals surface area contributed by atoms with Crippen LogP contribution in [0.4, 0.5) is 10.1 Å². The number of amides is 2. The van der Waals surface area contributed by atoms with Gasteiger partial charge in [-0.25, -0.2) is 4.39 Å². The van der Waals surface area contributed by atoms with Crippen LogP contribution in [0.5, 0.6) is 5.75 Å². The Morgan fingerprint density at radius 1 is 1.04 bits per heavy atom. The summed E-state index contributed by atoms with van der Waals surface area (Å²) in [6, 6.07) is 10.3. The van der Waals surface area contributed by atoms with E-state index in [4.69, 9.17) is 9.84 Å². The minimum absolute atomic E-state index is 0.257. The Morgan fingerprint density at radius 3 is 2.14 bits per heavy atom. The molecule has 3 N–H and O–H groups in total. The number of halogens is 1. The molecule has 28 heavy (non-hydrogen) atoms. The molecule has 0 radical (unpaired) electrons. The van der Waals surface area contributed by atoms with Gasteiger partial charge in [0.05, 0.1) is 0 Å². The van der Waals surface area contributed by atoms with Gasteiger partial charge in [-0.2, -0.15) is 0 Å². The fourth-order valence-corrected chi connectivity index (χ4v) is 2.17. The van der Waals surface area contributed by atoms with Crippen molar-refractivity contribution < 1.29 is 28.6 Å². The molecule has 7 nitrogen and oxygen atoms in total. The van der Waals surface area contributed by atoms with Gasteiger partial charge in [-0.3, -0.25) is 14.4 Å². The SMILES string of the molecule is CC(NC(=O)c1ccc(NC(=O)C(C)(C)Oc2ccc(F)cc2)cc1)C(=O)O. The zero-order valence-electron chi connectivity index (χ0n) is 15.7. The highest BCUT2D eigenvalue weighted by Gasteiger charge is 2.30. The number of hydrogen-bond acceptors (Lipinski definition) is 4. The first-order valence-corrected chi connectivity index (χ1v) is 8.48. The molecule has 0 spiro atoms. The standard InChI is InChI=1S/C20H21FN2O5/c1-12(18(25)26)22-17(24)13-4-8-15(9-5-13)23-19(27)20(2,3)28-16-10-6-14(21)7-11-16/h4-12H,1-3H3,(H,22,24)(H,23,27)(H,25,26). The Labute approximate surface area is 161 Å². The zero-order chi connectivity index (χ0) is 20.9. The van der Waals surface area contributed by atoms with Gasteiger partial charge in [0.15, 0.2) is 5.60 Å². The maximum atomic E-state index is 13.0. The lowest BCUT2D eigenvalue weighted by atomic mass is 10.1. The van der Waals surface area contributed by atoms with E-state index in [-0.39, 0.29) is 5.56 Å². The first kappa shape index (κ1) is 20.9. The van der Waals surface area contributed by atoms with Crippen LogP contribution in [0, 0.1) is 5.82 Å². The third kappa shape index (κ3) is 5.54. The highest BCUT2D eigenvalue weighted by Crippen LogP contribution is 2.21. The fraction of sp³-hybridized carbons (Fsp3) is 0.250. The number of benzene rings is 2. The molecule has 0 saturated carbocycles. The maximum absolute atomic E-state index is 13.0. The van der Waals surface area contributed by atoms with Crippen LogP contribution in [0.3, 0.4) is 0 Å². The number of ether oxygens (including phenoxy) is 1. The van der Waals surface area contributed by atoms with Gasteiger partial charge in [0.2, 0.25) is 0 Å². The van der Waals surface area contributed by atoms with Crippen LogP contribution in [0.1, 0.15) is 31.1 Å². The van der Waals surface area contributed by atoms with Crippen molar-refractivity contribution in [1.82, 2.24) is 5.32 Å². The fourth-order valence-electron chi connectivity index (χ4n) is 2.17. The molecular formula is C20H21FN2O5. The van der Waals surface area contributed by atoms with E-state index >= 15 is 0 Å². The summed E-state index contributed by atoms with van der Waals surface area (Å²) in [6.07, 6.45) is 0. The van der Waals surface area contributed by atoms with Gasteiger partial charge in [0.1, 0.15) is 17.6 Å². The molecule has 0 bridgehead atoms. The average molecular weight is 388 g/mol. The number of carboxylic acids is 1. The van der Waals surface area contributed by atoms with Crippen molar-refractivity contribution in [3.63, 3.8) is 0 Å². The number of anilines is 1. The molecule has 0 aliphatic carbocycles. The Morgan fingerprint density at radius 2 is 1.61 bits per heavy atom. The van der Waals surface area contributed by atoms with Crippen molar-refractivity contribution in [3.05, 3.63) is 59.9 Å². The van der Waals surface area contributed by atoms with Crippen LogP contribution in [0.25, 0.3) is 0 Å². The van der Waals surface area contributed by atoms with Gasteiger partial charge < -0.3 is 20.5 Å². The number of carbonyl (C=O) groups excluding carboxylic acids is 2. The van der Waals surface area contributed by atoms with Crippen LogP contribution in [0.15, 0.2) is 48.5 Å². The van der Waals surface area contributed by atoms with E-state index in [9.17, 15) is 18.8 Å². The first-order valence-electron chi connectivity index (χ1n) is 8.48. The highest BCUT2D eigenvalue weighted by molar-refractivity contribution is 5.99. The number of carbonyl (C=O) groups is 3. The lowest BCUT2D eigenvalue weighted by Crippen LogP contribution is -2.42. The maximum Gasteiger partial charge on any atom is 0.325 e. The molecule has 0 heterocycles. The van der Waals surface area contributed by atoms with Crippen molar-refractivity contribution in [1.29, 1.82) is 0 Å². The number of hydrogen-bond donors (Lipinski definition) is 3. The number of aliphatic carboxylic acids is 1. The normalized spacial score (nSPS) is 12.0. The van der Waals surface area contributed by atoms with Crippen molar-refractivity contribution in [2.75, 3.05) is 5.32 Å². The van der Waals surface area contributed by atoms with Crippen LogP contribution >= 0.6 is 0 Å². The Hall–Kier alpha value is -3.42. The largest absolute Gasteiger partial charge is 0.480 e. The van der Waals surface area contributed by atoms with Gasteiger partial charge >= 0.3 is 5.97 Å². The highest BCUT2D eigenvalue weighted by atomic mass is 19.1. The monoisotopic (exact) mass is 388 g/mol. The van der Waals surface area contributed by atoms with Crippen LogP contribution in [0.2, 0.25) is 0 Å². The second-order valence-corrected chi connectivity index (χ2v) is 6.63. The molecule has 2 rings (SSSR count). The van der Waals surface area contributed by atoms with E-state index in [0.29, 0.717) is 11.4 Å². The molecule has 148 valence electrons. The summed E-state index contributed by atoms with van der Waals surface area (Å²) in [7, 11) is 0. The summed E-state index contributed by atoms with van der Waals surface area (Å²) < 4.78 is 18.6. The molecule has 2 amide bonds. The second kappa shape index (κ2) is 8.51. The number of nitrogens with one attached hydrogen (secondary N) is 2. The first-order chi connectivity index (χ1) is 13.1. The molecule has 1 atom stereocenters. The average Bonchev–Trinajstić information content (AvgIpc) is 2.63. The van der Waals surface area contributed by atoms with Crippen LogP contribution < -0.4 is 15.4 Å². The predicted molar refractivity (Wildman–Crippen MR) is 101 cm³/mol. The smallest absolute Gasteiger partial charge is 0.325 e. The van der Waals surface area contributed by atoms with E-state index in [2.05, 4.69) is 10.6 Å². The lowest BCUT2D eigenvalue weighted by molar-refractivity contribution is -0.138. The van der Waals surface area contributed by atoms with Crippen molar-refractivity contribution in [2.24, 2.45) is 0 Å². The van der Waals surface area contributed by atoms with E-state index in [1.54, 1.807) is 13.8 Å². The molecule has 8 heteroatoms. The second-order valence-electron chi connectivity index (χ2n) is 6.63. The van der Waals surface area contributed by atoms with Gasteiger partial charge in [0, 0.05) is 11.3 Å². The summed E-state index contributed by atoms with van der Waals surface area (Å²) in [5.41, 5.74) is -0.540. The van der Waals surface area contributed by atoms with Crippen LogP contribution in [-0.2, 0) is 9.59 Å². The molecule has 0 aliphatic rings. The summed E-state index contributed by atoms with van der Waals surface area (Å²) in [4.78, 5) is 35.3. The molecule has 0 aliphatic heterocycles. The van der Waals surface area contributed by atoms with Crippen molar-refractivity contribution >= 4 is 23.5 Å². The van der Waals surface area contributed by atoms with Gasteiger partial charge in [0.25, 0.3) is 11.8 Å². The summed E-state index contributed by atoms with van der Waals surface area (Å²) in [5, 5.41) is 13.8. The van der Waals surface area contributed by atoms with Crippen molar-refractivity contribution in [3.8, 4) is 5.75 Å². The molecule has 0 fully saturated rings. The van der Waals surface area contributed by atoms with Crippen molar-refractivity contribution in [2.45, 2.75) is 32.4 Å². The molecular weight excluding hydrogens is 367 g/mol. The topological polar surface area (TPSA) is 105 Å². The number of rotatable bonds is 7. The molecule has 1 unspecified atom stereocenters. The van der Waals surface area contributed by atoms with E-state index in [0.717, 1.165) is 0 Å². The molecule has 2 aromatic rings. The minimum Gasteiger partial charge on any atom is -0.480 e. The predicted octanol–water partition coefficient (Wildman–Crippen LogP) is 2.82. The molecule has 2 aromatic carbocycles. The van der Waals surface area contributed by atoms with E-state index in [1.165, 1.54) is 55.5 Å². The Bertz CT molecular complexity index is 863. The van der Waals surface area contributed by atoms with Gasteiger partial charge in [-0.15, -0.1) is 0 Å².